The smallest absolute Gasteiger partial charge is 0.348 e. The number of para-hydroxylation sites is 1. The van der Waals surface area contributed by atoms with Crippen LogP contribution in [0, 0.1) is 36.5 Å². The number of esters is 1. The summed E-state index contributed by atoms with van der Waals surface area (Å²) >= 11 is 13.6. The molecule has 9 heteroatoms. The first kappa shape index (κ1) is 28.1. The lowest BCUT2D eigenvalue weighted by Gasteiger charge is -2.10. The highest BCUT2D eigenvalue weighted by Crippen LogP contribution is 2.32. The molecule has 0 unspecified atom stereocenters. The molecule has 0 radical (unpaired) electrons. The van der Waals surface area contributed by atoms with Crippen LogP contribution in [0.4, 0.5) is 0 Å². The van der Waals surface area contributed by atoms with Gasteiger partial charge in [-0.25, -0.2) is 4.79 Å². The van der Waals surface area contributed by atoms with Crippen molar-refractivity contribution >= 4 is 63.3 Å². The number of Topliss-reactive ketones (excluding diaryl/α,β-unsaturated/α-hetero) is 1. The first-order valence-electron chi connectivity index (χ1n) is 12.1. The number of allylic oxidation sites excluding steroid dienone is 1. The van der Waals surface area contributed by atoms with E-state index in [0.717, 1.165) is 39.1 Å². The van der Waals surface area contributed by atoms with Crippen LogP contribution < -0.4 is 0 Å². The minimum absolute atomic E-state index is 0.0434. The highest BCUT2D eigenvalue weighted by molar-refractivity contribution is 7.14. The van der Waals surface area contributed by atoms with E-state index < -0.39 is 11.8 Å². The van der Waals surface area contributed by atoms with E-state index >= 15 is 0 Å². The highest BCUT2D eigenvalue weighted by atomic mass is 35.5. The summed E-state index contributed by atoms with van der Waals surface area (Å²) in [6.45, 7) is 5.95. The summed E-state index contributed by atoms with van der Waals surface area (Å²) in [4.78, 5) is 26.3. The first-order chi connectivity index (χ1) is 18.7. The molecule has 0 atom stereocenters. The molecule has 0 fully saturated rings. The van der Waals surface area contributed by atoms with Crippen molar-refractivity contribution in [3.63, 3.8) is 0 Å². The predicted molar refractivity (Wildman–Crippen MR) is 154 cm³/mol. The minimum atomic E-state index is -0.532. The van der Waals surface area contributed by atoms with E-state index in [4.69, 9.17) is 27.9 Å². The Labute approximate surface area is 240 Å². The van der Waals surface area contributed by atoms with Crippen molar-refractivity contribution in [2.45, 2.75) is 33.7 Å². The summed E-state index contributed by atoms with van der Waals surface area (Å²) in [5, 5.41) is 21.6. The molecule has 0 saturated carbocycles. The van der Waals surface area contributed by atoms with Gasteiger partial charge in [-0.3, -0.25) is 4.79 Å². The Morgan fingerprint density at radius 2 is 1.87 bits per heavy atom. The summed E-state index contributed by atoms with van der Waals surface area (Å²) in [5.74, 6) is -0.974. The Morgan fingerprint density at radius 1 is 1.13 bits per heavy atom. The summed E-state index contributed by atoms with van der Waals surface area (Å²) < 4.78 is 7.16. The fraction of sp³-hybridized carbons (Fsp3) is 0.200. The number of thiophene rings is 1. The number of halogens is 2. The van der Waals surface area contributed by atoms with Gasteiger partial charge in [0.2, 0.25) is 0 Å². The number of rotatable bonds is 8. The number of fused-ring (bicyclic) bond motifs is 1. The van der Waals surface area contributed by atoms with Crippen LogP contribution in [0.15, 0.2) is 48.0 Å². The van der Waals surface area contributed by atoms with E-state index in [1.54, 1.807) is 32.1 Å². The van der Waals surface area contributed by atoms with Gasteiger partial charge < -0.3 is 9.30 Å². The number of nitrogens with zero attached hydrogens (tertiary/aromatic N) is 3. The second kappa shape index (κ2) is 11.9. The Hall–Kier alpha value is -3.88. The van der Waals surface area contributed by atoms with E-state index in [2.05, 4.69) is 10.6 Å². The Kier molecular flexibility index (Phi) is 8.57. The minimum Gasteiger partial charge on any atom is -0.462 e. The van der Waals surface area contributed by atoms with Gasteiger partial charge in [-0.15, -0.1) is 11.3 Å². The zero-order valence-corrected chi connectivity index (χ0v) is 23.8. The standard InChI is InChI=1S/C30H23Cl2N3O3S/c1-4-38-30(37)29-17(2)24(15-34)28(39-29)13-27(36)20(14-33)11-23-18(3)35(26-8-6-5-7-22(23)26)16-19-9-10-21(31)12-25(19)32/h5-12H,4,13,16H2,1-3H3/b20-11+. The number of nitriles is 2. The molecule has 4 aromatic rings. The van der Waals surface area contributed by atoms with Crippen LogP contribution in [0.5, 0.6) is 0 Å². The summed E-state index contributed by atoms with van der Waals surface area (Å²) in [7, 11) is 0. The number of benzene rings is 2. The largest absolute Gasteiger partial charge is 0.462 e. The molecule has 2 aromatic carbocycles. The maximum absolute atomic E-state index is 13.3. The number of ketones is 1. The van der Waals surface area contributed by atoms with Crippen LogP contribution in [0.3, 0.4) is 0 Å². The van der Waals surface area contributed by atoms with Crippen molar-refractivity contribution in [3.8, 4) is 12.1 Å². The molecule has 0 amide bonds. The third kappa shape index (κ3) is 5.62. The van der Waals surface area contributed by atoms with Crippen molar-refractivity contribution < 1.29 is 14.3 Å². The lowest BCUT2D eigenvalue weighted by atomic mass is 10.0. The third-order valence-electron chi connectivity index (χ3n) is 6.45. The molecule has 6 nitrogen and oxygen atoms in total. The van der Waals surface area contributed by atoms with Crippen LogP contribution in [-0.2, 0) is 22.5 Å². The molecular weight excluding hydrogens is 553 g/mol. The number of ether oxygens (including phenoxy) is 1. The van der Waals surface area contributed by atoms with Gasteiger partial charge in [-0.2, -0.15) is 10.5 Å². The van der Waals surface area contributed by atoms with E-state index in [1.165, 1.54) is 0 Å². The molecular formula is C30H23Cl2N3O3S. The number of carbonyl (C=O) groups excluding carboxylic acids is 2. The van der Waals surface area contributed by atoms with Crippen LogP contribution >= 0.6 is 34.5 Å². The third-order valence-corrected chi connectivity index (χ3v) is 8.31. The number of carbonyl (C=O) groups is 2. The molecule has 196 valence electrons. The summed E-state index contributed by atoms with van der Waals surface area (Å²) in [6, 6.07) is 17.2. The monoisotopic (exact) mass is 575 g/mol. The van der Waals surface area contributed by atoms with Gasteiger partial charge in [0.15, 0.2) is 5.78 Å². The quantitative estimate of drug-likeness (QED) is 0.123. The average molecular weight is 577 g/mol. The molecule has 0 saturated heterocycles. The molecule has 0 spiro atoms. The molecule has 0 aliphatic rings. The van der Waals surface area contributed by atoms with Crippen molar-refractivity contribution in [3.05, 3.63) is 95.8 Å². The van der Waals surface area contributed by atoms with Crippen molar-refractivity contribution in [2.75, 3.05) is 6.61 Å². The van der Waals surface area contributed by atoms with Gasteiger partial charge in [-0.1, -0.05) is 47.5 Å². The van der Waals surface area contributed by atoms with Crippen LogP contribution in [0.25, 0.3) is 17.0 Å². The van der Waals surface area contributed by atoms with Gasteiger partial charge >= 0.3 is 5.97 Å². The van der Waals surface area contributed by atoms with Crippen molar-refractivity contribution in [2.24, 2.45) is 0 Å². The Balaban J connectivity index is 1.73. The maximum atomic E-state index is 13.3. The molecule has 39 heavy (non-hydrogen) atoms. The van der Waals surface area contributed by atoms with E-state index in [1.807, 2.05) is 43.3 Å². The average Bonchev–Trinajstić information content (AvgIpc) is 3.36. The van der Waals surface area contributed by atoms with E-state index in [0.29, 0.717) is 31.9 Å². The molecule has 0 N–H and O–H groups in total. The number of hydrogen-bond acceptors (Lipinski definition) is 6. The van der Waals surface area contributed by atoms with Gasteiger partial charge in [0.05, 0.1) is 17.7 Å². The van der Waals surface area contributed by atoms with E-state index in [-0.39, 0.29) is 24.2 Å². The molecule has 2 heterocycles. The second-order valence-corrected chi connectivity index (χ2v) is 10.7. The van der Waals surface area contributed by atoms with Crippen LogP contribution in [-0.4, -0.2) is 22.9 Å². The lowest BCUT2D eigenvalue weighted by molar-refractivity contribution is -0.114. The van der Waals surface area contributed by atoms with E-state index in [9.17, 15) is 20.1 Å². The molecule has 2 aromatic heterocycles. The van der Waals surface area contributed by atoms with Crippen LogP contribution in [0.2, 0.25) is 10.0 Å². The van der Waals surface area contributed by atoms with Gasteiger partial charge in [-0.05, 0) is 56.2 Å². The fourth-order valence-corrected chi connectivity index (χ4v) is 6.08. The molecule has 0 bridgehead atoms. The molecule has 4 rings (SSSR count). The summed E-state index contributed by atoms with van der Waals surface area (Å²) in [6.07, 6.45) is 1.42. The number of aromatic nitrogens is 1. The lowest BCUT2D eigenvalue weighted by Crippen LogP contribution is -2.06. The van der Waals surface area contributed by atoms with Gasteiger partial charge in [0, 0.05) is 50.0 Å². The maximum Gasteiger partial charge on any atom is 0.348 e. The summed E-state index contributed by atoms with van der Waals surface area (Å²) in [5.41, 5.74) is 4.11. The SMILES string of the molecule is CCOC(=O)c1sc(CC(=O)/C(C#N)=C/c2c(C)n(Cc3ccc(Cl)cc3Cl)c3ccccc23)c(C#N)c1C. The second-order valence-electron chi connectivity index (χ2n) is 8.79. The fourth-order valence-electron chi connectivity index (χ4n) is 4.46. The normalized spacial score (nSPS) is 11.3. The number of hydrogen-bond donors (Lipinski definition) is 0. The van der Waals surface area contributed by atoms with Crippen molar-refractivity contribution in [1.82, 2.24) is 4.57 Å². The Morgan fingerprint density at radius 3 is 2.54 bits per heavy atom. The van der Waals surface area contributed by atoms with Crippen LogP contribution in [0.1, 0.15) is 49.4 Å². The zero-order valence-electron chi connectivity index (χ0n) is 21.5. The topological polar surface area (TPSA) is 95.9 Å². The predicted octanol–water partition coefficient (Wildman–Crippen LogP) is 7.44. The zero-order chi connectivity index (χ0) is 28.3. The van der Waals surface area contributed by atoms with Crippen molar-refractivity contribution in [1.29, 1.82) is 10.5 Å². The van der Waals surface area contributed by atoms with Gasteiger partial charge in [0.25, 0.3) is 0 Å². The Bertz CT molecular complexity index is 1730. The first-order valence-corrected chi connectivity index (χ1v) is 13.6. The van der Waals surface area contributed by atoms with Gasteiger partial charge in [0.1, 0.15) is 17.0 Å². The highest BCUT2D eigenvalue weighted by Gasteiger charge is 2.24. The molecule has 0 aliphatic carbocycles. The molecule has 0 aliphatic heterocycles.